The van der Waals surface area contributed by atoms with Gasteiger partial charge in [0.2, 0.25) is 29.5 Å². The van der Waals surface area contributed by atoms with Gasteiger partial charge >= 0.3 is 0 Å². The average molecular weight is 738 g/mol. The zero-order valence-corrected chi connectivity index (χ0v) is 32.7. The van der Waals surface area contributed by atoms with Gasteiger partial charge in [0.05, 0.1) is 18.6 Å². The van der Waals surface area contributed by atoms with Crippen LogP contribution in [0.2, 0.25) is 0 Å². The number of amides is 5. The third-order valence-corrected chi connectivity index (χ3v) is 10.4. The lowest BCUT2D eigenvalue weighted by Gasteiger charge is -2.34. The van der Waals surface area contributed by atoms with Gasteiger partial charge in [-0.3, -0.25) is 24.0 Å². The highest BCUT2D eigenvalue weighted by Crippen LogP contribution is 2.27. The van der Waals surface area contributed by atoms with Gasteiger partial charge in [0, 0.05) is 32.8 Å². The predicted molar refractivity (Wildman–Crippen MR) is 202 cm³/mol. The number of carbonyl (C=O) groups is 5. The molecule has 1 saturated carbocycles. The molecule has 7 atom stereocenters. The van der Waals surface area contributed by atoms with Crippen LogP contribution in [-0.2, 0) is 33.4 Å². The van der Waals surface area contributed by atoms with Crippen molar-refractivity contribution in [2.45, 2.75) is 160 Å². The van der Waals surface area contributed by atoms with Crippen molar-refractivity contribution < 1.29 is 33.4 Å². The van der Waals surface area contributed by atoms with Crippen molar-refractivity contribution >= 4 is 29.5 Å². The highest BCUT2D eigenvalue weighted by Gasteiger charge is 2.38. The lowest BCUT2D eigenvalue weighted by molar-refractivity contribution is -0.147. The Hall–Kier alpha value is -2.81. The van der Waals surface area contributed by atoms with Crippen molar-refractivity contribution in [2.75, 3.05) is 40.0 Å². The van der Waals surface area contributed by atoms with Crippen molar-refractivity contribution in [3.05, 3.63) is 0 Å². The van der Waals surface area contributed by atoms with Crippen LogP contribution in [0.15, 0.2) is 0 Å². The molecule has 2 fully saturated rings. The summed E-state index contributed by atoms with van der Waals surface area (Å²) in [5, 5.41) is 11.6. The summed E-state index contributed by atoms with van der Waals surface area (Å²) < 4.78 is 12.0. The van der Waals surface area contributed by atoms with Gasteiger partial charge in [-0.2, -0.15) is 0 Å². The Bertz CT molecular complexity index is 1090. The second-order valence-corrected chi connectivity index (χ2v) is 14.8. The normalized spacial score (nSPS) is 28.5. The van der Waals surface area contributed by atoms with Gasteiger partial charge in [-0.05, 0) is 57.9 Å². The average Bonchev–Trinajstić information content (AvgIpc) is 3.42. The first-order chi connectivity index (χ1) is 25.0. The van der Waals surface area contributed by atoms with E-state index < -0.39 is 65.9 Å². The molecule has 1 heterocycles. The van der Waals surface area contributed by atoms with Crippen molar-refractivity contribution in [1.82, 2.24) is 26.2 Å². The fourth-order valence-electron chi connectivity index (χ4n) is 7.12. The van der Waals surface area contributed by atoms with Crippen LogP contribution in [0.1, 0.15) is 124 Å². The molecule has 14 nitrogen and oxygen atoms in total. The number of nitrogens with zero attached hydrogens (tertiary/aromatic N) is 1. The number of nitrogens with two attached hydrogens (primary N) is 2. The Morgan fingerprint density at radius 3 is 2.04 bits per heavy atom. The molecule has 0 unspecified atom stereocenters. The molecule has 0 aromatic carbocycles. The second-order valence-electron chi connectivity index (χ2n) is 14.8. The zero-order chi connectivity index (χ0) is 38.5. The van der Waals surface area contributed by atoms with E-state index in [1.807, 2.05) is 20.8 Å². The Kier molecular flexibility index (Phi) is 22.0. The minimum absolute atomic E-state index is 0.141. The fraction of sp³-hybridized carbons (Fsp3) is 0.868. The Morgan fingerprint density at radius 2 is 1.40 bits per heavy atom. The molecule has 300 valence electrons. The maximum atomic E-state index is 14.1. The van der Waals surface area contributed by atoms with Crippen LogP contribution in [0, 0.1) is 11.8 Å². The summed E-state index contributed by atoms with van der Waals surface area (Å²) in [7, 11) is 1.65. The smallest absolute Gasteiger partial charge is 0.244 e. The van der Waals surface area contributed by atoms with Crippen molar-refractivity contribution in [2.24, 2.45) is 23.3 Å². The van der Waals surface area contributed by atoms with E-state index in [1.54, 1.807) is 7.05 Å². The van der Waals surface area contributed by atoms with Crippen LogP contribution >= 0.6 is 0 Å². The SMILES string of the molecule is CCCCCC[C@H]1OC[C@H](C)NC(=O)[C@H](CCOCCCN)NC(=O)[C@H](CN)NC(=O)[C@H](C2CCCCCC2)NC(=O)[C@H](CCC)N(C)C(=O)[C@@H]1C. The molecule has 5 amide bonds. The van der Waals surface area contributed by atoms with E-state index in [1.165, 1.54) is 4.90 Å². The predicted octanol–water partition coefficient (Wildman–Crippen LogP) is 2.26. The second kappa shape index (κ2) is 25.3. The lowest BCUT2D eigenvalue weighted by atomic mass is 9.90. The van der Waals surface area contributed by atoms with E-state index in [9.17, 15) is 24.0 Å². The number of ether oxygens (including phenoxy) is 2. The third-order valence-electron chi connectivity index (χ3n) is 10.4. The van der Waals surface area contributed by atoms with E-state index in [2.05, 4.69) is 28.2 Å². The number of carbonyl (C=O) groups excluding carboxylic acids is 5. The molecular weight excluding hydrogens is 666 g/mol. The lowest BCUT2D eigenvalue weighted by Crippen LogP contribution is -2.61. The summed E-state index contributed by atoms with van der Waals surface area (Å²) in [4.78, 5) is 71.1. The molecule has 2 aliphatic rings. The van der Waals surface area contributed by atoms with E-state index >= 15 is 0 Å². The van der Waals surface area contributed by atoms with Crippen LogP contribution < -0.4 is 32.7 Å². The maximum Gasteiger partial charge on any atom is 0.244 e. The van der Waals surface area contributed by atoms with Gasteiger partial charge in [-0.25, -0.2) is 0 Å². The first kappa shape index (κ1) is 45.3. The molecule has 0 aromatic heterocycles. The molecule has 0 aromatic rings. The van der Waals surface area contributed by atoms with E-state index in [4.69, 9.17) is 20.9 Å². The number of nitrogens with one attached hydrogen (secondary N) is 4. The van der Waals surface area contributed by atoms with Gasteiger partial charge in [0.15, 0.2) is 0 Å². The molecule has 8 N–H and O–H groups in total. The quantitative estimate of drug-likeness (QED) is 0.108. The minimum atomic E-state index is -1.15. The third kappa shape index (κ3) is 15.3. The Balaban J connectivity index is 2.52. The number of hydrogen-bond donors (Lipinski definition) is 6. The summed E-state index contributed by atoms with van der Waals surface area (Å²) in [5.74, 6) is -2.89. The Labute approximate surface area is 312 Å². The monoisotopic (exact) mass is 738 g/mol. The van der Waals surface area contributed by atoms with Crippen molar-refractivity contribution in [3.63, 3.8) is 0 Å². The van der Waals surface area contributed by atoms with E-state index in [0.717, 1.165) is 64.2 Å². The van der Waals surface area contributed by atoms with Gasteiger partial charge in [-0.15, -0.1) is 0 Å². The first-order valence-corrected chi connectivity index (χ1v) is 20.1. The summed E-state index contributed by atoms with van der Waals surface area (Å²) >= 11 is 0. The van der Waals surface area contributed by atoms with Crippen LogP contribution in [0.25, 0.3) is 0 Å². The van der Waals surface area contributed by atoms with Gasteiger partial charge in [0.25, 0.3) is 0 Å². The maximum absolute atomic E-state index is 14.1. The highest BCUT2D eigenvalue weighted by molar-refractivity contribution is 5.96. The van der Waals surface area contributed by atoms with Crippen LogP contribution in [0.5, 0.6) is 0 Å². The first-order valence-electron chi connectivity index (χ1n) is 20.1. The Morgan fingerprint density at radius 1 is 0.731 bits per heavy atom. The molecule has 0 radical (unpaired) electrons. The van der Waals surface area contributed by atoms with E-state index in [0.29, 0.717) is 38.8 Å². The minimum Gasteiger partial charge on any atom is -0.381 e. The van der Waals surface area contributed by atoms with Gasteiger partial charge in [-0.1, -0.05) is 78.6 Å². The summed E-state index contributed by atoms with van der Waals surface area (Å²) in [6.45, 7) is 8.75. The van der Waals surface area contributed by atoms with E-state index in [-0.39, 0.29) is 38.0 Å². The number of hydrogen-bond acceptors (Lipinski definition) is 9. The highest BCUT2D eigenvalue weighted by atomic mass is 16.5. The molecule has 2 rings (SSSR count). The van der Waals surface area contributed by atoms with Crippen LogP contribution in [0.3, 0.4) is 0 Å². The van der Waals surface area contributed by atoms with Crippen LogP contribution in [0.4, 0.5) is 0 Å². The molecule has 52 heavy (non-hydrogen) atoms. The van der Waals surface area contributed by atoms with Crippen molar-refractivity contribution in [1.29, 1.82) is 0 Å². The molecule has 1 aliphatic heterocycles. The topological polar surface area (TPSA) is 207 Å². The summed E-state index contributed by atoms with van der Waals surface area (Å²) in [6, 6.07) is -4.32. The zero-order valence-electron chi connectivity index (χ0n) is 32.7. The number of rotatable bonds is 15. The fourth-order valence-corrected chi connectivity index (χ4v) is 7.12. The summed E-state index contributed by atoms with van der Waals surface area (Å²) in [6.07, 6.45) is 11.5. The van der Waals surface area contributed by atoms with Gasteiger partial charge in [0.1, 0.15) is 24.2 Å². The number of likely N-dealkylation sites (N-methyl/N-ethyl adjacent to an activating group) is 1. The molecule has 1 aliphatic carbocycles. The molecule has 14 heteroatoms. The van der Waals surface area contributed by atoms with Crippen LogP contribution in [-0.4, -0.2) is 111 Å². The van der Waals surface area contributed by atoms with Gasteiger partial charge < -0.3 is 47.1 Å². The standard InChI is InChI=1S/C38H71N7O7/c1-6-8-9-14-19-32-27(4)38(50)45(5)31(16-7-2)36(48)44-33(28-17-12-10-11-13-18-28)37(49)43-30(24-40)35(47)42-29(20-23-51-22-15-21-39)34(46)41-26(3)25-52-32/h26-33H,6-25,39-40H2,1-5H3,(H,41,46)(H,42,47)(H,43,49)(H,44,48)/t26-,27+,29-,30-,31-,32+,33-/m0/s1. The molecule has 0 spiro atoms. The summed E-state index contributed by atoms with van der Waals surface area (Å²) in [5.41, 5.74) is 11.6. The van der Waals surface area contributed by atoms with Crippen molar-refractivity contribution in [3.8, 4) is 0 Å². The largest absolute Gasteiger partial charge is 0.381 e. The molecule has 0 bridgehead atoms. The molecular formula is C38H71N7O7. The molecule has 1 saturated heterocycles. The number of unbranched alkanes of at least 4 members (excludes halogenated alkanes) is 3.